The highest BCUT2D eigenvalue weighted by molar-refractivity contribution is 7.91. The number of fused-ring (bicyclic) bond motifs is 1. The highest BCUT2D eigenvalue weighted by atomic mass is 32.2. The zero-order valence-corrected chi connectivity index (χ0v) is 13.0. The molecule has 0 aromatic carbocycles. The zero-order valence-electron chi connectivity index (χ0n) is 12.2. The van der Waals surface area contributed by atoms with E-state index in [0.29, 0.717) is 17.4 Å². The molecule has 2 heterocycles. The molecule has 0 spiro atoms. The van der Waals surface area contributed by atoms with E-state index in [1.54, 1.807) is 0 Å². The van der Waals surface area contributed by atoms with Crippen molar-refractivity contribution < 1.29 is 8.42 Å². The second-order valence-electron chi connectivity index (χ2n) is 6.32. The van der Waals surface area contributed by atoms with Gasteiger partial charge in [0.1, 0.15) is 0 Å². The predicted octanol–water partition coefficient (Wildman–Crippen LogP) is 1.16. The highest BCUT2D eigenvalue weighted by Gasteiger charge is 2.34. The number of aromatic nitrogens is 1. The maximum absolute atomic E-state index is 11.6. The van der Waals surface area contributed by atoms with Crippen LogP contribution in [0.5, 0.6) is 0 Å². The van der Waals surface area contributed by atoms with E-state index in [0.717, 1.165) is 37.8 Å². The van der Waals surface area contributed by atoms with Gasteiger partial charge < -0.3 is 0 Å². The van der Waals surface area contributed by atoms with E-state index in [1.807, 2.05) is 12.3 Å². The first kappa shape index (κ1) is 14.9. The predicted molar refractivity (Wildman–Crippen MR) is 82.4 cm³/mol. The summed E-state index contributed by atoms with van der Waals surface area (Å²) in [6.07, 6.45) is 6.71. The number of hydrogen-bond acceptors (Lipinski definition) is 5. The van der Waals surface area contributed by atoms with E-state index in [-0.39, 0.29) is 12.0 Å². The monoisotopic (exact) mass is 309 g/mol. The molecule has 21 heavy (non-hydrogen) atoms. The van der Waals surface area contributed by atoms with Crippen LogP contribution in [-0.4, -0.2) is 30.9 Å². The van der Waals surface area contributed by atoms with Gasteiger partial charge in [0.05, 0.1) is 11.5 Å². The number of hydrogen-bond donors (Lipinski definition) is 2. The second-order valence-corrected chi connectivity index (χ2v) is 8.55. The Bertz CT molecular complexity index is 603. The van der Waals surface area contributed by atoms with Gasteiger partial charge >= 0.3 is 0 Å². The normalized spacial score (nSPS) is 29.0. The van der Waals surface area contributed by atoms with Gasteiger partial charge in [0.2, 0.25) is 0 Å². The van der Waals surface area contributed by atoms with E-state index in [1.165, 1.54) is 5.56 Å². The highest BCUT2D eigenvalue weighted by Crippen LogP contribution is 2.35. The Kier molecular flexibility index (Phi) is 4.28. The molecule has 3 N–H and O–H groups in total. The number of nitrogens with one attached hydrogen (secondary N) is 1. The average molecular weight is 309 g/mol. The van der Waals surface area contributed by atoms with Gasteiger partial charge in [-0.2, -0.15) is 0 Å². The lowest BCUT2D eigenvalue weighted by Gasteiger charge is -2.32. The standard InChI is InChI=1S/C15H23N3O2S/c16-18-14(9-11-6-8-21(19,20)10-11)13-5-1-3-12-4-2-7-17-15(12)13/h2,4,7,11,13-14,18H,1,3,5-6,8-10,16H2. The molecule has 1 aromatic rings. The third kappa shape index (κ3) is 3.27. The maximum atomic E-state index is 11.6. The van der Waals surface area contributed by atoms with E-state index in [4.69, 9.17) is 5.84 Å². The number of hydrazine groups is 1. The molecule has 0 saturated carbocycles. The van der Waals surface area contributed by atoms with Crippen LogP contribution in [0.1, 0.15) is 42.9 Å². The van der Waals surface area contributed by atoms with Crippen LogP contribution in [0, 0.1) is 5.92 Å². The number of rotatable bonds is 4. The third-order valence-electron chi connectivity index (χ3n) is 4.85. The summed E-state index contributed by atoms with van der Waals surface area (Å²) < 4.78 is 23.2. The fourth-order valence-corrected chi connectivity index (χ4v) is 5.68. The Morgan fingerprint density at radius 1 is 1.43 bits per heavy atom. The first-order chi connectivity index (χ1) is 10.1. The lowest BCUT2D eigenvalue weighted by molar-refractivity contribution is 0.330. The van der Waals surface area contributed by atoms with Gasteiger partial charge in [0.25, 0.3) is 0 Å². The molecule has 1 aromatic heterocycles. The number of nitrogens with two attached hydrogens (primary N) is 1. The lowest BCUT2D eigenvalue weighted by Crippen LogP contribution is -2.42. The third-order valence-corrected chi connectivity index (χ3v) is 6.69. The van der Waals surface area contributed by atoms with E-state index in [9.17, 15) is 8.42 Å². The number of nitrogens with zero attached hydrogens (tertiary/aromatic N) is 1. The SMILES string of the molecule is NNC(CC1CCS(=O)(=O)C1)C1CCCc2cccnc21. The van der Waals surface area contributed by atoms with Gasteiger partial charge in [0, 0.05) is 23.9 Å². The molecule has 2 aliphatic rings. The minimum absolute atomic E-state index is 0.109. The molecule has 1 fully saturated rings. The molecule has 3 rings (SSSR count). The number of aryl methyl sites for hydroxylation is 1. The molecule has 1 saturated heterocycles. The van der Waals surface area contributed by atoms with Gasteiger partial charge in [-0.15, -0.1) is 0 Å². The largest absolute Gasteiger partial charge is 0.271 e. The van der Waals surface area contributed by atoms with E-state index in [2.05, 4.69) is 16.5 Å². The van der Waals surface area contributed by atoms with Crippen molar-refractivity contribution in [3.8, 4) is 0 Å². The minimum Gasteiger partial charge on any atom is -0.271 e. The quantitative estimate of drug-likeness (QED) is 0.644. The zero-order chi connectivity index (χ0) is 14.9. The van der Waals surface area contributed by atoms with E-state index >= 15 is 0 Å². The van der Waals surface area contributed by atoms with Crippen LogP contribution in [0.3, 0.4) is 0 Å². The van der Waals surface area contributed by atoms with Crippen molar-refractivity contribution in [2.24, 2.45) is 11.8 Å². The summed E-state index contributed by atoms with van der Waals surface area (Å²) in [5, 5.41) is 0. The fraction of sp³-hybridized carbons (Fsp3) is 0.667. The maximum Gasteiger partial charge on any atom is 0.150 e. The molecule has 6 heteroatoms. The molecule has 0 amide bonds. The van der Waals surface area contributed by atoms with Gasteiger partial charge in [-0.3, -0.25) is 16.3 Å². The lowest BCUT2D eigenvalue weighted by atomic mass is 9.79. The van der Waals surface area contributed by atoms with Gasteiger partial charge in [0.15, 0.2) is 9.84 Å². The second kappa shape index (κ2) is 6.02. The van der Waals surface area contributed by atoms with Crippen LogP contribution in [0.25, 0.3) is 0 Å². The van der Waals surface area contributed by atoms with Crippen LogP contribution < -0.4 is 11.3 Å². The molecule has 5 nitrogen and oxygen atoms in total. The van der Waals surface area contributed by atoms with Crippen molar-refractivity contribution >= 4 is 9.84 Å². The molecule has 3 unspecified atom stereocenters. The summed E-state index contributed by atoms with van der Waals surface area (Å²) in [6, 6.07) is 4.23. The minimum atomic E-state index is -2.82. The van der Waals surface area contributed by atoms with E-state index < -0.39 is 9.84 Å². The summed E-state index contributed by atoms with van der Waals surface area (Å²) >= 11 is 0. The fourth-order valence-electron chi connectivity index (χ4n) is 3.80. The number of pyridine rings is 1. The Hall–Kier alpha value is -0.980. The van der Waals surface area contributed by atoms with Gasteiger partial charge in [-0.25, -0.2) is 8.42 Å². The first-order valence-electron chi connectivity index (χ1n) is 7.69. The Morgan fingerprint density at radius 2 is 2.29 bits per heavy atom. The molecule has 3 atom stereocenters. The van der Waals surface area contributed by atoms with Crippen LogP contribution in [0.2, 0.25) is 0 Å². The van der Waals surface area contributed by atoms with Crippen molar-refractivity contribution in [1.29, 1.82) is 0 Å². The van der Waals surface area contributed by atoms with Crippen LogP contribution >= 0.6 is 0 Å². The molecule has 1 aliphatic heterocycles. The van der Waals surface area contributed by atoms with Crippen molar-refractivity contribution in [2.45, 2.75) is 44.1 Å². The summed E-state index contributed by atoms with van der Waals surface area (Å²) in [4.78, 5) is 4.56. The first-order valence-corrected chi connectivity index (χ1v) is 9.51. The van der Waals surface area contributed by atoms with Crippen molar-refractivity contribution in [3.05, 3.63) is 29.6 Å². The number of sulfone groups is 1. The summed E-state index contributed by atoms with van der Waals surface area (Å²) in [5.74, 6) is 6.94. The summed E-state index contributed by atoms with van der Waals surface area (Å²) in [7, 11) is -2.82. The molecule has 1 aliphatic carbocycles. The smallest absolute Gasteiger partial charge is 0.150 e. The van der Waals surface area contributed by atoms with Crippen molar-refractivity contribution in [3.63, 3.8) is 0 Å². The Balaban J connectivity index is 1.75. The molecular weight excluding hydrogens is 286 g/mol. The Labute approximate surface area is 126 Å². The molecule has 116 valence electrons. The topological polar surface area (TPSA) is 85.1 Å². The van der Waals surface area contributed by atoms with Crippen LogP contribution in [0.15, 0.2) is 18.3 Å². The molecular formula is C15H23N3O2S. The van der Waals surface area contributed by atoms with Gasteiger partial charge in [-0.1, -0.05) is 6.07 Å². The summed E-state index contributed by atoms with van der Waals surface area (Å²) in [6.45, 7) is 0. The molecule has 0 bridgehead atoms. The summed E-state index contributed by atoms with van der Waals surface area (Å²) in [5.41, 5.74) is 5.39. The van der Waals surface area contributed by atoms with Crippen LogP contribution in [-0.2, 0) is 16.3 Å². The Morgan fingerprint density at radius 3 is 3.00 bits per heavy atom. The molecule has 0 radical (unpaired) electrons. The van der Waals surface area contributed by atoms with Crippen molar-refractivity contribution in [1.82, 2.24) is 10.4 Å². The average Bonchev–Trinajstić information content (AvgIpc) is 2.83. The van der Waals surface area contributed by atoms with Crippen molar-refractivity contribution in [2.75, 3.05) is 11.5 Å². The van der Waals surface area contributed by atoms with Gasteiger partial charge in [-0.05, 0) is 49.7 Å². The van der Waals surface area contributed by atoms with Crippen LogP contribution in [0.4, 0.5) is 0 Å².